The first-order valence-corrected chi connectivity index (χ1v) is 10.9. The van der Waals surface area contributed by atoms with Gasteiger partial charge in [-0.25, -0.2) is 14.4 Å². The molecule has 2 heterocycles. The molecule has 160 valence electrons. The van der Waals surface area contributed by atoms with E-state index in [9.17, 15) is 9.18 Å². The Morgan fingerprint density at radius 1 is 1.17 bits per heavy atom. The van der Waals surface area contributed by atoms with Crippen LogP contribution in [0.4, 0.5) is 10.2 Å². The van der Waals surface area contributed by atoms with Gasteiger partial charge in [0, 0.05) is 43.7 Å². The highest BCUT2D eigenvalue weighted by Crippen LogP contribution is 2.29. The van der Waals surface area contributed by atoms with Gasteiger partial charge in [-0.2, -0.15) is 0 Å². The molecule has 0 unspecified atom stereocenters. The normalized spacial score (nSPS) is 20.3. The molecule has 30 heavy (non-hydrogen) atoms. The fraction of sp³-hybridized carbons (Fsp3) is 0.500. The van der Waals surface area contributed by atoms with Gasteiger partial charge in [0.25, 0.3) is 0 Å². The minimum Gasteiger partial charge on any atom is -0.439 e. The van der Waals surface area contributed by atoms with E-state index in [4.69, 9.17) is 16.3 Å². The Morgan fingerprint density at radius 3 is 2.70 bits per heavy atom. The quantitative estimate of drug-likeness (QED) is 0.702. The maximum absolute atomic E-state index is 13.3. The van der Waals surface area contributed by atoms with Crippen LogP contribution in [0, 0.1) is 11.7 Å². The lowest BCUT2D eigenvalue weighted by atomic mass is 9.88. The fourth-order valence-electron chi connectivity index (χ4n) is 4.30. The first-order valence-electron chi connectivity index (χ1n) is 10.5. The van der Waals surface area contributed by atoms with Crippen molar-refractivity contribution in [3.05, 3.63) is 41.4 Å². The van der Waals surface area contributed by atoms with Crippen LogP contribution >= 0.6 is 11.6 Å². The average molecular weight is 433 g/mol. The predicted molar refractivity (Wildman–Crippen MR) is 113 cm³/mol. The zero-order valence-electron chi connectivity index (χ0n) is 17.1. The highest BCUT2D eigenvalue weighted by molar-refractivity contribution is 6.30. The molecule has 1 aromatic carbocycles. The molecule has 8 heteroatoms. The van der Waals surface area contributed by atoms with Crippen molar-refractivity contribution in [3.63, 3.8) is 0 Å². The first kappa shape index (κ1) is 20.8. The topological polar surface area (TPSA) is 58.6 Å². The number of amides is 1. The van der Waals surface area contributed by atoms with Crippen molar-refractivity contribution in [2.75, 3.05) is 24.5 Å². The van der Waals surface area contributed by atoms with E-state index in [1.807, 2.05) is 4.90 Å². The second-order valence-corrected chi connectivity index (χ2v) is 8.46. The Kier molecular flexibility index (Phi) is 6.37. The van der Waals surface area contributed by atoms with Crippen LogP contribution in [0.1, 0.15) is 39.0 Å². The average Bonchev–Trinajstić information content (AvgIpc) is 2.76. The summed E-state index contributed by atoms with van der Waals surface area (Å²) < 4.78 is 19.1. The Hall–Kier alpha value is -2.41. The molecule has 1 aliphatic heterocycles. The molecule has 1 atom stereocenters. The number of carbonyl (C=O) groups excluding carboxylic acids is 1. The summed E-state index contributed by atoms with van der Waals surface area (Å²) >= 11 is 5.82. The monoisotopic (exact) mass is 432 g/mol. The number of halogens is 2. The molecular formula is C22H26ClFN4O2. The number of benzene rings is 1. The second-order valence-electron chi connectivity index (χ2n) is 8.05. The van der Waals surface area contributed by atoms with Gasteiger partial charge < -0.3 is 14.5 Å². The van der Waals surface area contributed by atoms with Crippen molar-refractivity contribution < 1.29 is 13.9 Å². The number of aromatic nitrogens is 2. The zero-order valence-corrected chi connectivity index (χ0v) is 17.8. The van der Waals surface area contributed by atoms with E-state index in [1.54, 1.807) is 6.07 Å². The summed E-state index contributed by atoms with van der Waals surface area (Å²) in [6, 6.07) is 6.03. The van der Waals surface area contributed by atoms with E-state index in [0.717, 1.165) is 31.5 Å². The summed E-state index contributed by atoms with van der Waals surface area (Å²) in [5.41, 5.74) is 0. The third-order valence-corrected chi connectivity index (χ3v) is 6.22. The van der Waals surface area contributed by atoms with Gasteiger partial charge in [0.05, 0.1) is 5.02 Å². The maximum atomic E-state index is 13.3. The van der Waals surface area contributed by atoms with Crippen molar-refractivity contribution in [1.82, 2.24) is 14.9 Å². The van der Waals surface area contributed by atoms with Crippen LogP contribution in [0.2, 0.25) is 5.02 Å². The Bertz CT molecular complexity index is 906. The lowest BCUT2D eigenvalue weighted by Crippen LogP contribution is -2.55. The highest BCUT2D eigenvalue weighted by Gasteiger charge is 2.32. The lowest BCUT2D eigenvalue weighted by Gasteiger charge is -2.42. The van der Waals surface area contributed by atoms with E-state index in [1.165, 1.54) is 30.9 Å². The SMILES string of the molecule is C[C@@H]1CN(c2cc(Oc3ccc(F)c(Cl)c3)ncn2)CCN1C(=O)C1CCCCC1. The summed E-state index contributed by atoms with van der Waals surface area (Å²) in [5, 5.41) is -0.00522. The van der Waals surface area contributed by atoms with Crippen LogP contribution in [0.25, 0.3) is 0 Å². The molecule has 6 nitrogen and oxygen atoms in total. The highest BCUT2D eigenvalue weighted by atomic mass is 35.5. The van der Waals surface area contributed by atoms with Crippen LogP contribution < -0.4 is 9.64 Å². The van der Waals surface area contributed by atoms with Crippen molar-refractivity contribution in [3.8, 4) is 11.6 Å². The third-order valence-electron chi connectivity index (χ3n) is 5.93. The minimum atomic E-state index is -0.498. The standard InChI is InChI=1S/C22H26ClFN4O2/c1-15-13-27(9-10-28(15)22(29)16-5-3-2-4-6-16)20-12-21(26-14-25-20)30-17-7-8-19(24)18(23)11-17/h7-8,11-12,14-16H,2-6,9-10,13H2,1H3/t15-/m1/s1. The van der Waals surface area contributed by atoms with Gasteiger partial charge >= 0.3 is 0 Å². The van der Waals surface area contributed by atoms with Gasteiger partial charge in [-0.1, -0.05) is 30.9 Å². The molecule has 0 N–H and O–H groups in total. The van der Waals surface area contributed by atoms with Gasteiger partial charge in [-0.3, -0.25) is 4.79 Å². The molecule has 1 amide bonds. The van der Waals surface area contributed by atoms with Crippen LogP contribution in [-0.2, 0) is 4.79 Å². The van der Waals surface area contributed by atoms with Crippen molar-refractivity contribution in [2.24, 2.45) is 5.92 Å². The van der Waals surface area contributed by atoms with Crippen LogP contribution in [0.3, 0.4) is 0 Å². The third kappa shape index (κ3) is 4.67. The maximum Gasteiger partial charge on any atom is 0.226 e. The molecular weight excluding hydrogens is 407 g/mol. The summed E-state index contributed by atoms with van der Waals surface area (Å²) in [7, 11) is 0. The smallest absolute Gasteiger partial charge is 0.226 e. The zero-order chi connectivity index (χ0) is 21.1. The largest absolute Gasteiger partial charge is 0.439 e. The predicted octanol–water partition coefficient (Wildman–Crippen LogP) is 4.68. The number of hydrogen-bond donors (Lipinski definition) is 0. The number of carbonyl (C=O) groups is 1. The number of nitrogens with zero attached hydrogens (tertiary/aromatic N) is 4. The first-order chi connectivity index (χ1) is 14.5. The van der Waals surface area contributed by atoms with Crippen molar-refractivity contribution in [2.45, 2.75) is 45.1 Å². The molecule has 1 aliphatic carbocycles. The molecule has 4 rings (SSSR count). The van der Waals surface area contributed by atoms with Crippen molar-refractivity contribution in [1.29, 1.82) is 0 Å². The number of hydrogen-bond acceptors (Lipinski definition) is 5. The molecule has 0 spiro atoms. The summed E-state index contributed by atoms with van der Waals surface area (Å²) in [4.78, 5) is 25.6. The van der Waals surface area contributed by atoms with Gasteiger partial charge in [0.15, 0.2) is 0 Å². The van der Waals surface area contributed by atoms with Crippen LogP contribution in [-0.4, -0.2) is 46.5 Å². The van der Waals surface area contributed by atoms with Gasteiger partial charge in [0.1, 0.15) is 23.7 Å². The fourth-order valence-corrected chi connectivity index (χ4v) is 4.47. The number of anilines is 1. The number of rotatable bonds is 4. The van der Waals surface area contributed by atoms with E-state index >= 15 is 0 Å². The summed E-state index contributed by atoms with van der Waals surface area (Å²) in [6.07, 6.45) is 7.05. The molecule has 0 bridgehead atoms. The number of ether oxygens (including phenoxy) is 1. The van der Waals surface area contributed by atoms with E-state index in [2.05, 4.69) is 21.8 Å². The Labute approximate surface area is 181 Å². The molecule has 2 fully saturated rings. The molecule has 1 saturated heterocycles. The van der Waals surface area contributed by atoms with Gasteiger partial charge in [-0.05, 0) is 31.9 Å². The molecule has 1 aromatic heterocycles. The van der Waals surface area contributed by atoms with Crippen LogP contribution in [0.15, 0.2) is 30.6 Å². The van der Waals surface area contributed by atoms with Crippen LogP contribution in [0.5, 0.6) is 11.6 Å². The lowest BCUT2D eigenvalue weighted by molar-refractivity contribution is -0.139. The van der Waals surface area contributed by atoms with E-state index in [-0.39, 0.29) is 17.0 Å². The molecule has 0 radical (unpaired) electrons. The summed E-state index contributed by atoms with van der Waals surface area (Å²) in [5.74, 6) is 1.50. The molecule has 2 aliphatic rings. The van der Waals surface area contributed by atoms with Crippen molar-refractivity contribution >= 4 is 23.3 Å². The van der Waals surface area contributed by atoms with E-state index in [0.29, 0.717) is 37.2 Å². The van der Waals surface area contributed by atoms with E-state index < -0.39 is 5.82 Å². The Balaban J connectivity index is 1.41. The van der Waals surface area contributed by atoms with Gasteiger partial charge in [0.2, 0.25) is 11.8 Å². The molecule has 1 saturated carbocycles. The second kappa shape index (κ2) is 9.16. The Morgan fingerprint density at radius 2 is 1.97 bits per heavy atom. The number of piperazine rings is 1. The minimum absolute atomic E-state index is 0.00522. The van der Waals surface area contributed by atoms with Gasteiger partial charge in [-0.15, -0.1) is 0 Å². The summed E-state index contributed by atoms with van der Waals surface area (Å²) in [6.45, 7) is 4.19. The molecule has 2 aromatic rings.